The van der Waals surface area contributed by atoms with E-state index in [9.17, 15) is 9.59 Å². The SMILES string of the molecule is COC(=O)c1cc(-c2cccc(NC(=O)OC(C)(C)C)n2)c(Cl)cc1Cl. The van der Waals surface area contributed by atoms with Crippen molar-refractivity contribution in [1.29, 1.82) is 0 Å². The standard InChI is InChI=1S/C18H18Cl2N2O4/c1-18(2,3)26-17(24)22-15-7-5-6-14(21-15)10-8-11(16(23)25-4)13(20)9-12(10)19/h5-9H,1-4H3,(H,21,22,24). The summed E-state index contributed by atoms with van der Waals surface area (Å²) in [6, 6.07) is 7.93. The lowest BCUT2D eigenvalue weighted by Crippen LogP contribution is -2.27. The monoisotopic (exact) mass is 396 g/mol. The number of halogens is 2. The van der Waals surface area contributed by atoms with Crippen LogP contribution in [0.2, 0.25) is 10.0 Å². The highest BCUT2D eigenvalue weighted by molar-refractivity contribution is 6.38. The summed E-state index contributed by atoms with van der Waals surface area (Å²) in [5.74, 6) is -0.307. The normalized spacial score (nSPS) is 11.0. The first-order chi connectivity index (χ1) is 12.1. The van der Waals surface area contributed by atoms with Crippen molar-refractivity contribution in [2.45, 2.75) is 26.4 Å². The van der Waals surface area contributed by atoms with E-state index in [1.165, 1.54) is 19.2 Å². The van der Waals surface area contributed by atoms with Crippen LogP contribution < -0.4 is 5.32 Å². The van der Waals surface area contributed by atoms with Gasteiger partial charge in [-0.1, -0.05) is 29.3 Å². The molecular weight excluding hydrogens is 379 g/mol. The predicted octanol–water partition coefficient (Wildman–Crippen LogP) is 5.19. The van der Waals surface area contributed by atoms with Crippen LogP contribution in [0.25, 0.3) is 11.3 Å². The molecule has 0 spiro atoms. The minimum Gasteiger partial charge on any atom is -0.465 e. The third-order valence-electron chi connectivity index (χ3n) is 3.12. The van der Waals surface area contributed by atoms with Crippen LogP contribution in [0.5, 0.6) is 0 Å². The van der Waals surface area contributed by atoms with Gasteiger partial charge in [-0.25, -0.2) is 14.6 Å². The molecule has 0 fully saturated rings. The molecule has 1 amide bonds. The summed E-state index contributed by atoms with van der Waals surface area (Å²) in [5.41, 5.74) is 0.465. The van der Waals surface area contributed by atoms with E-state index in [-0.39, 0.29) is 16.4 Å². The van der Waals surface area contributed by atoms with Crippen molar-refractivity contribution in [3.8, 4) is 11.3 Å². The Morgan fingerprint density at radius 1 is 1.12 bits per heavy atom. The van der Waals surface area contributed by atoms with Gasteiger partial charge in [-0.15, -0.1) is 0 Å². The molecule has 0 unspecified atom stereocenters. The summed E-state index contributed by atoms with van der Waals surface area (Å²) >= 11 is 12.3. The zero-order valence-corrected chi connectivity index (χ0v) is 16.2. The van der Waals surface area contributed by atoms with Gasteiger partial charge in [0.25, 0.3) is 0 Å². The fraction of sp³-hybridized carbons (Fsp3) is 0.278. The van der Waals surface area contributed by atoms with Crippen molar-refractivity contribution in [2.24, 2.45) is 0 Å². The Balaban J connectivity index is 2.35. The van der Waals surface area contributed by atoms with Crippen LogP contribution in [-0.4, -0.2) is 29.8 Å². The average molecular weight is 397 g/mol. The van der Waals surface area contributed by atoms with Gasteiger partial charge >= 0.3 is 12.1 Å². The summed E-state index contributed by atoms with van der Waals surface area (Å²) in [7, 11) is 1.26. The van der Waals surface area contributed by atoms with Gasteiger partial charge in [0.05, 0.1) is 28.4 Å². The Kier molecular flexibility index (Phi) is 6.10. The van der Waals surface area contributed by atoms with E-state index in [2.05, 4.69) is 10.3 Å². The van der Waals surface area contributed by atoms with Crippen molar-refractivity contribution in [1.82, 2.24) is 4.98 Å². The van der Waals surface area contributed by atoms with Gasteiger partial charge in [-0.2, -0.15) is 0 Å². The predicted molar refractivity (Wildman–Crippen MR) is 101 cm³/mol. The van der Waals surface area contributed by atoms with Crippen LogP contribution in [-0.2, 0) is 9.47 Å². The molecule has 1 aromatic carbocycles. The molecule has 1 heterocycles. The van der Waals surface area contributed by atoms with Crippen LogP contribution in [0, 0.1) is 0 Å². The number of nitrogens with zero attached hydrogens (tertiary/aromatic N) is 1. The first-order valence-corrected chi connectivity index (χ1v) is 8.41. The van der Waals surface area contributed by atoms with Gasteiger partial charge < -0.3 is 9.47 Å². The van der Waals surface area contributed by atoms with E-state index in [1.54, 1.807) is 39.0 Å². The van der Waals surface area contributed by atoms with Crippen molar-refractivity contribution >= 4 is 41.1 Å². The highest BCUT2D eigenvalue weighted by Crippen LogP contribution is 2.33. The average Bonchev–Trinajstić information content (AvgIpc) is 2.52. The largest absolute Gasteiger partial charge is 0.465 e. The summed E-state index contributed by atoms with van der Waals surface area (Å²) in [6.07, 6.45) is -0.625. The van der Waals surface area contributed by atoms with E-state index >= 15 is 0 Å². The summed E-state index contributed by atoms with van der Waals surface area (Å²) in [6.45, 7) is 5.29. The van der Waals surface area contributed by atoms with Gasteiger partial charge in [0, 0.05) is 5.56 Å². The van der Waals surface area contributed by atoms with Crippen LogP contribution in [0.3, 0.4) is 0 Å². The van der Waals surface area contributed by atoms with Crippen molar-refractivity contribution in [3.63, 3.8) is 0 Å². The lowest BCUT2D eigenvalue weighted by Gasteiger charge is -2.19. The van der Waals surface area contributed by atoms with Gasteiger partial charge in [0.15, 0.2) is 0 Å². The van der Waals surface area contributed by atoms with E-state index in [0.717, 1.165) is 0 Å². The van der Waals surface area contributed by atoms with E-state index in [1.807, 2.05) is 0 Å². The number of aromatic nitrogens is 1. The fourth-order valence-corrected chi connectivity index (χ4v) is 2.63. The molecule has 8 heteroatoms. The minimum atomic E-state index is -0.628. The molecule has 1 N–H and O–H groups in total. The lowest BCUT2D eigenvalue weighted by atomic mass is 10.1. The number of anilines is 1. The van der Waals surface area contributed by atoms with Crippen LogP contribution in [0.15, 0.2) is 30.3 Å². The highest BCUT2D eigenvalue weighted by atomic mass is 35.5. The van der Waals surface area contributed by atoms with Crippen LogP contribution >= 0.6 is 23.2 Å². The van der Waals surface area contributed by atoms with Gasteiger partial charge in [-0.05, 0) is 45.0 Å². The number of carbonyl (C=O) groups is 2. The Morgan fingerprint density at radius 3 is 2.42 bits per heavy atom. The second-order valence-corrected chi connectivity index (χ2v) is 7.15. The quantitative estimate of drug-likeness (QED) is 0.722. The maximum Gasteiger partial charge on any atom is 0.413 e. The van der Waals surface area contributed by atoms with E-state index in [4.69, 9.17) is 32.7 Å². The molecule has 138 valence electrons. The first-order valence-electron chi connectivity index (χ1n) is 7.65. The van der Waals surface area contributed by atoms with Gasteiger partial charge in [-0.3, -0.25) is 5.32 Å². The molecular formula is C18H18Cl2N2O4. The number of rotatable bonds is 3. The third-order valence-corrected chi connectivity index (χ3v) is 3.74. The molecule has 0 aliphatic rings. The molecule has 0 bridgehead atoms. The fourth-order valence-electron chi connectivity index (χ4n) is 2.07. The van der Waals surface area contributed by atoms with Crippen molar-refractivity contribution < 1.29 is 19.1 Å². The molecule has 0 aliphatic carbocycles. The molecule has 2 rings (SSSR count). The number of esters is 1. The van der Waals surface area contributed by atoms with Crippen molar-refractivity contribution in [3.05, 3.63) is 45.9 Å². The van der Waals surface area contributed by atoms with Crippen LogP contribution in [0.4, 0.5) is 10.6 Å². The van der Waals surface area contributed by atoms with E-state index < -0.39 is 17.7 Å². The number of ether oxygens (including phenoxy) is 2. The molecule has 0 atom stereocenters. The van der Waals surface area contributed by atoms with Gasteiger partial charge in [0.1, 0.15) is 11.4 Å². The number of methoxy groups -OCH3 is 1. The number of hydrogen-bond acceptors (Lipinski definition) is 5. The second kappa shape index (κ2) is 7.93. The zero-order chi connectivity index (χ0) is 19.5. The molecule has 26 heavy (non-hydrogen) atoms. The number of amides is 1. The molecule has 0 radical (unpaired) electrons. The number of hydrogen-bond donors (Lipinski definition) is 1. The first kappa shape index (κ1) is 20.0. The number of benzene rings is 1. The Labute approximate surface area is 161 Å². The number of carbonyl (C=O) groups excluding carboxylic acids is 2. The Bertz CT molecular complexity index is 848. The maximum absolute atomic E-state index is 11.9. The lowest BCUT2D eigenvalue weighted by molar-refractivity contribution is 0.0598. The summed E-state index contributed by atoms with van der Waals surface area (Å²) in [4.78, 5) is 28.1. The Morgan fingerprint density at radius 2 is 1.81 bits per heavy atom. The van der Waals surface area contributed by atoms with Crippen LogP contribution in [0.1, 0.15) is 31.1 Å². The minimum absolute atomic E-state index is 0.167. The topological polar surface area (TPSA) is 77.5 Å². The maximum atomic E-state index is 11.9. The second-order valence-electron chi connectivity index (χ2n) is 6.34. The highest BCUT2D eigenvalue weighted by Gasteiger charge is 2.18. The Hall–Kier alpha value is -2.31. The third kappa shape index (κ3) is 5.09. The summed E-state index contributed by atoms with van der Waals surface area (Å²) < 4.78 is 9.91. The van der Waals surface area contributed by atoms with Gasteiger partial charge in [0.2, 0.25) is 0 Å². The van der Waals surface area contributed by atoms with Crippen molar-refractivity contribution in [2.75, 3.05) is 12.4 Å². The molecule has 0 aliphatic heterocycles. The zero-order valence-electron chi connectivity index (χ0n) is 14.7. The number of nitrogens with one attached hydrogen (secondary N) is 1. The number of pyridine rings is 1. The molecule has 0 saturated heterocycles. The molecule has 0 saturated carbocycles. The van der Waals surface area contributed by atoms with E-state index in [0.29, 0.717) is 16.3 Å². The smallest absolute Gasteiger partial charge is 0.413 e. The molecule has 1 aromatic heterocycles. The summed E-state index contributed by atoms with van der Waals surface area (Å²) in [5, 5.41) is 3.04. The molecule has 6 nitrogen and oxygen atoms in total. The molecule has 2 aromatic rings.